The van der Waals surface area contributed by atoms with Gasteiger partial charge in [0.2, 0.25) is 5.76 Å². The lowest BCUT2D eigenvalue weighted by Gasteiger charge is -2.21. The number of carbonyl (C=O) groups is 1. The number of fused-ring (bicyclic) bond motifs is 2. The van der Waals surface area contributed by atoms with Gasteiger partial charge in [-0.25, -0.2) is 4.79 Å². The molecule has 3 rings (SSSR count). The first-order valence-corrected chi connectivity index (χ1v) is 6.81. The summed E-state index contributed by atoms with van der Waals surface area (Å²) in [5.41, 5.74) is 5.24. The van der Waals surface area contributed by atoms with E-state index < -0.39 is 0 Å². The Labute approximate surface area is 113 Å². The van der Waals surface area contributed by atoms with Crippen molar-refractivity contribution in [2.75, 3.05) is 7.11 Å². The maximum absolute atomic E-state index is 11.8. The quantitative estimate of drug-likeness (QED) is 0.720. The van der Waals surface area contributed by atoms with E-state index in [-0.39, 0.29) is 5.97 Å². The van der Waals surface area contributed by atoms with Crippen molar-refractivity contribution in [3.05, 3.63) is 28.7 Å². The summed E-state index contributed by atoms with van der Waals surface area (Å²) in [7, 11) is 1.39. The van der Waals surface area contributed by atoms with Gasteiger partial charge in [0.1, 0.15) is 0 Å². The summed E-state index contributed by atoms with van der Waals surface area (Å²) in [5, 5.41) is 0. The highest BCUT2D eigenvalue weighted by Gasteiger charge is 2.40. The molecule has 19 heavy (non-hydrogen) atoms. The monoisotopic (exact) mass is 260 g/mol. The Balaban J connectivity index is 2.10. The molecule has 102 valence electrons. The minimum absolute atomic E-state index is 0.366. The highest BCUT2D eigenvalue weighted by atomic mass is 16.5. The number of ether oxygens (including phenoxy) is 1. The van der Waals surface area contributed by atoms with Crippen LogP contribution in [0.1, 0.15) is 55.3 Å². The van der Waals surface area contributed by atoms with Gasteiger partial charge in [-0.15, -0.1) is 0 Å². The van der Waals surface area contributed by atoms with Crippen LogP contribution in [0.15, 0.2) is 16.3 Å². The Hall–Kier alpha value is -1.51. The van der Waals surface area contributed by atoms with Gasteiger partial charge in [0, 0.05) is 5.56 Å². The fraction of sp³-hybridized carbons (Fsp3) is 0.562. The minimum Gasteiger partial charge on any atom is -0.463 e. The molecule has 3 heteroatoms. The number of rotatable bonds is 1. The number of methoxy groups -OCH3 is 1. The van der Waals surface area contributed by atoms with Crippen LogP contribution in [0.25, 0.3) is 5.57 Å². The zero-order valence-corrected chi connectivity index (χ0v) is 12.0. The van der Waals surface area contributed by atoms with Crippen LogP contribution in [0.2, 0.25) is 0 Å². The number of hydrogen-bond acceptors (Lipinski definition) is 3. The molecule has 0 bridgehead atoms. The molecule has 0 aromatic carbocycles. The van der Waals surface area contributed by atoms with E-state index >= 15 is 0 Å². The van der Waals surface area contributed by atoms with Crippen LogP contribution >= 0.6 is 0 Å². The topological polar surface area (TPSA) is 39.4 Å². The molecule has 1 saturated carbocycles. The van der Waals surface area contributed by atoms with Gasteiger partial charge in [-0.3, -0.25) is 0 Å². The van der Waals surface area contributed by atoms with Crippen LogP contribution in [0, 0.1) is 11.3 Å². The number of carbonyl (C=O) groups excluding carboxylic acids is 1. The third-order valence-corrected chi connectivity index (χ3v) is 4.52. The SMILES string of the molecule is COC(=O)c1occ2c1C(C)=C1CC(C)(C)C[C@H]1C2. The van der Waals surface area contributed by atoms with Crippen molar-refractivity contribution in [1.82, 2.24) is 0 Å². The lowest BCUT2D eigenvalue weighted by molar-refractivity contribution is 0.0564. The van der Waals surface area contributed by atoms with Crippen LogP contribution in [0.5, 0.6) is 0 Å². The van der Waals surface area contributed by atoms with Crippen molar-refractivity contribution in [1.29, 1.82) is 0 Å². The van der Waals surface area contributed by atoms with Crippen LogP contribution in [-0.4, -0.2) is 13.1 Å². The van der Waals surface area contributed by atoms with Gasteiger partial charge in [0.25, 0.3) is 0 Å². The molecule has 2 aliphatic rings. The first-order valence-electron chi connectivity index (χ1n) is 6.81. The normalized spacial score (nSPS) is 24.1. The molecular formula is C16H20O3. The van der Waals surface area contributed by atoms with E-state index in [0.717, 1.165) is 24.0 Å². The van der Waals surface area contributed by atoms with E-state index in [4.69, 9.17) is 9.15 Å². The summed E-state index contributed by atoms with van der Waals surface area (Å²) in [6, 6.07) is 0. The number of allylic oxidation sites excluding steroid dienone is 2. The smallest absolute Gasteiger partial charge is 0.374 e. The fourth-order valence-corrected chi connectivity index (χ4v) is 3.78. The first-order chi connectivity index (χ1) is 8.93. The van der Waals surface area contributed by atoms with E-state index in [1.807, 2.05) is 0 Å². The summed E-state index contributed by atoms with van der Waals surface area (Å²) >= 11 is 0. The van der Waals surface area contributed by atoms with Crippen molar-refractivity contribution in [3.63, 3.8) is 0 Å². The molecule has 1 atom stereocenters. The van der Waals surface area contributed by atoms with Crippen molar-refractivity contribution in [3.8, 4) is 0 Å². The average molecular weight is 260 g/mol. The maximum atomic E-state index is 11.8. The fourth-order valence-electron chi connectivity index (χ4n) is 3.78. The highest BCUT2D eigenvalue weighted by Crippen LogP contribution is 2.52. The molecule has 0 amide bonds. The molecule has 1 fully saturated rings. The molecule has 2 aliphatic carbocycles. The Kier molecular flexibility index (Phi) is 2.63. The van der Waals surface area contributed by atoms with E-state index in [0.29, 0.717) is 17.1 Å². The minimum atomic E-state index is -0.378. The van der Waals surface area contributed by atoms with Gasteiger partial charge < -0.3 is 9.15 Å². The number of furan rings is 1. The van der Waals surface area contributed by atoms with Gasteiger partial charge in [-0.1, -0.05) is 19.4 Å². The second kappa shape index (κ2) is 3.99. The van der Waals surface area contributed by atoms with Gasteiger partial charge in [-0.05, 0) is 48.7 Å². The van der Waals surface area contributed by atoms with E-state index in [9.17, 15) is 4.79 Å². The van der Waals surface area contributed by atoms with Gasteiger partial charge >= 0.3 is 5.97 Å². The van der Waals surface area contributed by atoms with Crippen LogP contribution in [0.3, 0.4) is 0 Å². The summed E-state index contributed by atoms with van der Waals surface area (Å²) < 4.78 is 10.3. The summed E-state index contributed by atoms with van der Waals surface area (Å²) in [6.07, 6.45) is 5.06. The molecule has 0 unspecified atom stereocenters. The molecule has 0 radical (unpaired) electrons. The van der Waals surface area contributed by atoms with Crippen molar-refractivity contribution in [2.24, 2.45) is 11.3 Å². The second-order valence-electron chi connectivity index (χ2n) is 6.55. The second-order valence-corrected chi connectivity index (χ2v) is 6.55. The van der Waals surface area contributed by atoms with Crippen molar-refractivity contribution in [2.45, 2.75) is 40.0 Å². The van der Waals surface area contributed by atoms with E-state index in [1.54, 1.807) is 6.26 Å². The molecule has 0 aliphatic heterocycles. The molecular weight excluding hydrogens is 240 g/mol. The zero-order chi connectivity index (χ0) is 13.8. The Morgan fingerprint density at radius 2 is 2.21 bits per heavy atom. The maximum Gasteiger partial charge on any atom is 0.374 e. The summed E-state index contributed by atoms with van der Waals surface area (Å²) in [4.78, 5) is 11.8. The van der Waals surface area contributed by atoms with E-state index in [1.165, 1.54) is 24.7 Å². The molecule has 0 spiro atoms. The lowest BCUT2D eigenvalue weighted by atomic mass is 9.82. The number of hydrogen-bond donors (Lipinski definition) is 0. The molecule has 3 nitrogen and oxygen atoms in total. The number of esters is 1. The lowest BCUT2D eigenvalue weighted by Crippen LogP contribution is -2.12. The molecule has 0 N–H and O–H groups in total. The standard InChI is InChI=1S/C16H20O3/c1-9-12-7-16(2,3)6-10(12)5-11-8-19-14(13(9)11)15(17)18-4/h8,10H,5-7H2,1-4H3/t10-/m1/s1. The highest BCUT2D eigenvalue weighted by molar-refractivity contribution is 5.94. The van der Waals surface area contributed by atoms with Crippen LogP contribution < -0.4 is 0 Å². The van der Waals surface area contributed by atoms with Crippen molar-refractivity contribution >= 4 is 11.5 Å². The zero-order valence-electron chi connectivity index (χ0n) is 12.0. The first kappa shape index (κ1) is 12.5. The van der Waals surface area contributed by atoms with Gasteiger partial charge in [0.05, 0.1) is 13.4 Å². The third kappa shape index (κ3) is 1.83. The molecule has 1 heterocycles. The van der Waals surface area contributed by atoms with Crippen molar-refractivity contribution < 1.29 is 13.9 Å². The average Bonchev–Trinajstić information content (AvgIpc) is 2.89. The molecule has 1 aromatic heterocycles. The Bertz CT molecular complexity index is 575. The van der Waals surface area contributed by atoms with E-state index in [2.05, 4.69) is 20.8 Å². The predicted octanol–water partition coefficient (Wildman–Crippen LogP) is 3.83. The van der Waals surface area contributed by atoms with Crippen LogP contribution in [-0.2, 0) is 11.2 Å². The van der Waals surface area contributed by atoms with Gasteiger partial charge in [0.15, 0.2) is 0 Å². The summed E-state index contributed by atoms with van der Waals surface area (Å²) in [5.74, 6) is 0.605. The Morgan fingerprint density at radius 3 is 2.89 bits per heavy atom. The molecule has 0 saturated heterocycles. The predicted molar refractivity (Wildman–Crippen MR) is 72.9 cm³/mol. The summed E-state index contributed by atoms with van der Waals surface area (Å²) in [6.45, 7) is 6.76. The Morgan fingerprint density at radius 1 is 1.47 bits per heavy atom. The van der Waals surface area contributed by atoms with Crippen LogP contribution in [0.4, 0.5) is 0 Å². The third-order valence-electron chi connectivity index (χ3n) is 4.52. The largest absolute Gasteiger partial charge is 0.463 e. The molecule has 1 aromatic rings. The van der Waals surface area contributed by atoms with Gasteiger partial charge in [-0.2, -0.15) is 0 Å².